The molecule has 1 amide bonds. The number of rotatable bonds is 2. The fourth-order valence-corrected chi connectivity index (χ4v) is 2.16. The van der Waals surface area contributed by atoms with Crippen LogP contribution in [0.4, 0.5) is 0 Å². The number of benzene rings is 1. The molecule has 1 heterocycles. The van der Waals surface area contributed by atoms with Gasteiger partial charge in [0.15, 0.2) is 0 Å². The molecule has 1 saturated heterocycles. The SMILES string of the molecule is CC(N)(C(=O)N1CCCC1)c1ccccc1.Cl. The minimum absolute atomic E-state index is 0. The Morgan fingerprint density at radius 3 is 2.29 bits per heavy atom. The van der Waals surface area contributed by atoms with E-state index >= 15 is 0 Å². The highest BCUT2D eigenvalue weighted by molar-refractivity contribution is 5.87. The van der Waals surface area contributed by atoms with Crippen molar-refractivity contribution in [3.05, 3.63) is 35.9 Å². The lowest BCUT2D eigenvalue weighted by Crippen LogP contribution is -2.50. The fraction of sp³-hybridized carbons (Fsp3) is 0.462. The number of hydrogen-bond donors (Lipinski definition) is 1. The zero-order valence-corrected chi connectivity index (χ0v) is 10.9. The summed E-state index contributed by atoms with van der Waals surface area (Å²) in [6.45, 7) is 3.49. The number of halogens is 1. The zero-order chi connectivity index (χ0) is 11.6. The van der Waals surface area contributed by atoms with Gasteiger partial charge in [-0.2, -0.15) is 0 Å². The van der Waals surface area contributed by atoms with E-state index in [9.17, 15) is 4.79 Å². The average molecular weight is 255 g/mol. The van der Waals surface area contributed by atoms with E-state index < -0.39 is 5.54 Å². The third-order valence-corrected chi connectivity index (χ3v) is 3.21. The van der Waals surface area contributed by atoms with E-state index in [4.69, 9.17) is 5.73 Å². The van der Waals surface area contributed by atoms with Gasteiger partial charge in [0.2, 0.25) is 5.91 Å². The van der Waals surface area contributed by atoms with Crippen LogP contribution in [0.3, 0.4) is 0 Å². The molecule has 1 aliphatic heterocycles. The molecular formula is C13H19ClN2O. The molecule has 0 saturated carbocycles. The first kappa shape index (κ1) is 14.0. The lowest BCUT2D eigenvalue weighted by atomic mass is 9.92. The molecule has 0 spiro atoms. The van der Waals surface area contributed by atoms with Crippen LogP contribution in [0.15, 0.2) is 30.3 Å². The second-order valence-electron chi connectivity index (χ2n) is 4.57. The third kappa shape index (κ3) is 2.79. The first-order valence-corrected chi connectivity index (χ1v) is 5.76. The predicted octanol–water partition coefficient (Wildman–Crippen LogP) is 1.90. The molecule has 1 aromatic carbocycles. The van der Waals surface area contributed by atoms with E-state index in [2.05, 4.69) is 0 Å². The largest absolute Gasteiger partial charge is 0.341 e. The molecule has 4 heteroatoms. The number of nitrogens with zero attached hydrogens (tertiary/aromatic N) is 1. The summed E-state index contributed by atoms with van der Waals surface area (Å²) in [6, 6.07) is 9.58. The first-order valence-electron chi connectivity index (χ1n) is 5.76. The Bertz CT molecular complexity index is 372. The van der Waals surface area contributed by atoms with Gasteiger partial charge in [-0.3, -0.25) is 4.79 Å². The van der Waals surface area contributed by atoms with Crippen LogP contribution in [0.25, 0.3) is 0 Å². The molecule has 1 aliphatic rings. The van der Waals surface area contributed by atoms with Crippen LogP contribution < -0.4 is 5.73 Å². The maximum Gasteiger partial charge on any atom is 0.246 e. The number of amides is 1. The maximum atomic E-state index is 12.3. The van der Waals surface area contributed by atoms with Gasteiger partial charge >= 0.3 is 0 Å². The Kier molecular flexibility index (Phi) is 4.54. The van der Waals surface area contributed by atoms with Crippen LogP contribution >= 0.6 is 12.4 Å². The summed E-state index contributed by atoms with van der Waals surface area (Å²) in [5, 5.41) is 0. The van der Waals surface area contributed by atoms with Gasteiger partial charge in [-0.1, -0.05) is 30.3 Å². The van der Waals surface area contributed by atoms with E-state index in [0.29, 0.717) is 0 Å². The minimum Gasteiger partial charge on any atom is -0.341 e. The maximum absolute atomic E-state index is 12.3. The lowest BCUT2D eigenvalue weighted by Gasteiger charge is -2.29. The van der Waals surface area contributed by atoms with Crippen LogP contribution in [0.1, 0.15) is 25.3 Å². The van der Waals surface area contributed by atoms with E-state index in [1.807, 2.05) is 35.2 Å². The van der Waals surface area contributed by atoms with Crippen molar-refractivity contribution in [3.8, 4) is 0 Å². The van der Waals surface area contributed by atoms with Gasteiger partial charge in [-0.05, 0) is 25.3 Å². The average Bonchev–Trinajstić information content (AvgIpc) is 2.82. The molecular weight excluding hydrogens is 236 g/mol. The van der Waals surface area contributed by atoms with Gasteiger partial charge in [0, 0.05) is 13.1 Å². The summed E-state index contributed by atoms with van der Waals surface area (Å²) in [5.74, 6) is 0.0381. The van der Waals surface area contributed by atoms with Crippen LogP contribution in [-0.2, 0) is 10.3 Å². The highest BCUT2D eigenvalue weighted by atomic mass is 35.5. The van der Waals surface area contributed by atoms with Crippen LogP contribution in [0.5, 0.6) is 0 Å². The topological polar surface area (TPSA) is 46.3 Å². The Hall–Kier alpha value is -1.06. The number of nitrogens with two attached hydrogens (primary N) is 1. The summed E-state index contributed by atoms with van der Waals surface area (Å²) in [5.41, 5.74) is 6.15. The standard InChI is InChI=1S/C13H18N2O.ClH/c1-13(14,11-7-3-2-4-8-11)12(16)15-9-5-6-10-15;/h2-4,7-8H,5-6,9-10,14H2,1H3;1H. The van der Waals surface area contributed by atoms with Crippen molar-refractivity contribution >= 4 is 18.3 Å². The van der Waals surface area contributed by atoms with Crippen molar-refractivity contribution < 1.29 is 4.79 Å². The van der Waals surface area contributed by atoms with Crippen LogP contribution in [0.2, 0.25) is 0 Å². The van der Waals surface area contributed by atoms with Crippen LogP contribution in [-0.4, -0.2) is 23.9 Å². The Labute approximate surface area is 108 Å². The molecule has 1 aromatic rings. The molecule has 2 N–H and O–H groups in total. The monoisotopic (exact) mass is 254 g/mol. The van der Waals surface area contributed by atoms with Crippen LogP contribution in [0, 0.1) is 0 Å². The summed E-state index contributed by atoms with van der Waals surface area (Å²) < 4.78 is 0. The Morgan fingerprint density at radius 2 is 1.76 bits per heavy atom. The lowest BCUT2D eigenvalue weighted by molar-refractivity contribution is -0.135. The van der Waals surface area contributed by atoms with Crippen molar-refractivity contribution in [1.82, 2.24) is 4.90 Å². The summed E-state index contributed by atoms with van der Waals surface area (Å²) in [6.07, 6.45) is 2.19. The molecule has 0 aromatic heterocycles. The highest BCUT2D eigenvalue weighted by Crippen LogP contribution is 2.22. The van der Waals surface area contributed by atoms with Gasteiger partial charge in [-0.25, -0.2) is 0 Å². The van der Waals surface area contributed by atoms with E-state index in [1.54, 1.807) is 6.92 Å². The molecule has 0 bridgehead atoms. The molecule has 2 rings (SSSR count). The molecule has 0 aliphatic carbocycles. The third-order valence-electron chi connectivity index (χ3n) is 3.21. The van der Waals surface area contributed by atoms with Crippen molar-refractivity contribution in [2.24, 2.45) is 5.73 Å². The molecule has 3 nitrogen and oxygen atoms in total. The molecule has 1 fully saturated rings. The molecule has 94 valence electrons. The van der Waals surface area contributed by atoms with Gasteiger partial charge in [0.05, 0.1) is 0 Å². The van der Waals surface area contributed by atoms with Crippen molar-refractivity contribution in [3.63, 3.8) is 0 Å². The van der Waals surface area contributed by atoms with Gasteiger partial charge < -0.3 is 10.6 Å². The number of likely N-dealkylation sites (tertiary alicyclic amines) is 1. The first-order chi connectivity index (χ1) is 7.62. The minimum atomic E-state index is -0.897. The summed E-state index contributed by atoms with van der Waals surface area (Å²) >= 11 is 0. The fourth-order valence-electron chi connectivity index (χ4n) is 2.16. The quantitative estimate of drug-likeness (QED) is 0.876. The van der Waals surface area contributed by atoms with Crippen molar-refractivity contribution in [2.45, 2.75) is 25.3 Å². The molecule has 17 heavy (non-hydrogen) atoms. The van der Waals surface area contributed by atoms with Crippen molar-refractivity contribution in [1.29, 1.82) is 0 Å². The molecule has 1 unspecified atom stereocenters. The zero-order valence-electron chi connectivity index (χ0n) is 10.1. The second kappa shape index (κ2) is 5.52. The highest BCUT2D eigenvalue weighted by Gasteiger charge is 2.35. The Morgan fingerprint density at radius 1 is 1.24 bits per heavy atom. The molecule has 0 radical (unpaired) electrons. The number of carbonyl (C=O) groups excluding carboxylic acids is 1. The van der Waals surface area contributed by atoms with E-state index in [1.165, 1.54) is 0 Å². The predicted molar refractivity (Wildman–Crippen MR) is 71.0 cm³/mol. The van der Waals surface area contributed by atoms with Gasteiger partial charge in [0.25, 0.3) is 0 Å². The summed E-state index contributed by atoms with van der Waals surface area (Å²) in [4.78, 5) is 14.1. The van der Waals surface area contributed by atoms with Gasteiger partial charge in [0.1, 0.15) is 5.54 Å². The normalized spacial score (nSPS) is 18.4. The second-order valence-corrected chi connectivity index (χ2v) is 4.57. The van der Waals surface area contributed by atoms with E-state index in [0.717, 1.165) is 31.5 Å². The van der Waals surface area contributed by atoms with E-state index in [-0.39, 0.29) is 18.3 Å². The van der Waals surface area contributed by atoms with Gasteiger partial charge in [-0.15, -0.1) is 12.4 Å². The summed E-state index contributed by atoms with van der Waals surface area (Å²) in [7, 11) is 0. The number of carbonyl (C=O) groups is 1. The smallest absolute Gasteiger partial charge is 0.246 e. The Balaban J connectivity index is 0.00000144. The van der Waals surface area contributed by atoms with Crippen molar-refractivity contribution in [2.75, 3.05) is 13.1 Å². The number of hydrogen-bond acceptors (Lipinski definition) is 2. The molecule has 1 atom stereocenters.